The second kappa shape index (κ2) is 5.95. The number of aromatic nitrogens is 3. The summed E-state index contributed by atoms with van der Waals surface area (Å²) in [6.07, 6.45) is -1.25. The lowest BCUT2D eigenvalue weighted by molar-refractivity contribution is -0.137. The molecule has 0 bridgehead atoms. The third-order valence-electron chi connectivity index (χ3n) is 3.08. The molecule has 4 nitrogen and oxygen atoms in total. The van der Waals surface area contributed by atoms with Crippen molar-refractivity contribution < 1.29 is 17.6 Å². The zero-order valence-electron chi connectivity index (χ0n) is 11.4. The van der Waals surface area contributed by atoms with Crippen LogP contribution in [0.5, 0.6) is 0 Å². The topological polar surface area (TPSA) is 42.2 Å². The Morgan fingerprint density at radius 2 is 2.00 bits per heavy atom. The van der Waals surface area contributed by atoms with E-state index in [1.807, 2.05) is 0 Å². The first-order valence-corrected chi connectivity index (χ1v) is 7.51. The van der Waals surface area contributed by atoms with Crippen LogP contribution in [0.25, 0.3) is 5.65 Å². The quantitative estimate of drug-likeness (QED) is 0.497. The predicted molar refractivity (Wildman–Crippen MR) is 84.4 cm³/mol. The molecule has 0 atom stereocenters. The van der Waals surface area contributed by atoms with Gasteiger partial charge in [0.1, 0.15) is 11.6 Å². The lowest BCUT2D eigenvalue weighted by Crippen LogP contribution is -2.08. The van der Waals surface area contributed by atoms with Crippen LogP contribution in [0.2, 0.25) is 0 Å². The molecular weight excluding hydrogens is 427 g/mol. The number of alkyl halides is 3. The lowest BCUT2D eigenvalue weighted by Gasteiger charge is -2.10. The fraction of sp³-hybridized carbons (Fsp3) is 0.143. The third kappa shape index (κ3) is 3.54. The van der Waals surface area contributed by atoms with Gasteiger partial charge in [-0.05, 0) is 52.4 Å². The fourth-order valence-corrected chi connectivity index (χ4v) is 2.54. The summed E-state index contributed by atoms with van der Waals surface area (Å²) in [4.78, 5) is 4.31. The van der Waals surface area contributed by atoms with Crippen molar-refractivity contribution in [1.29, 1.82) is 0 Å². The average Bonchev–Trinajstić information content (AvgIpc) is 2.85. The minimum Gasteiger partial charge on any atom is -0.366 e. The van der Waals surface area contributed by atoms with Gasteiger partial charge >= 0.3 is 6.18 Å². The molecule has 0 unspecified atom stereocenters. The number of halogens is 5. The maximum atomic E-state index is 13.3. The number of nitrogens with zero attached hydrogens (tertiary/aromatic N) is 3. The first-order chi connectivity index (χ1) is 10.8. The van der Waals surface area contributed by atoms with Crippen LogP contribution in [-0.2, 0) is 12.7 Å². The summed E-state index contributed by atoms with van der Waals surface area (Å²) in [5.74, 6) is -0.459. The third-order valence-corrected chi connectivity index (χ3v) is 3.85. The zero-order chi connectivity index (χ0) is 16.6. The Hall–Kier alpha value is -1.91. The van der Waals surface area contributed by atoms with Gasteiger partial charge in [0.25, 0.3) is 0 Å². The fourth-order valence-electron chi connectivity index (χ4n) is 2.05. The molecule has 2 aromatic heterocycles. The van der Waals surface area contributed by atoms with Crippen molar-refractivity contribution in [2.45, 2.75) is 12.7 Å². The molecule has 0 radical (unpaired) electrons. The number of anilines is 1. The lowest BCUT2D eigenvalue weighted by atomic mass is 10.1. The summed E-state index contributed by atoms with van der Waals surface area (Å²) in [6, 6.07) is 4.09. The van der Waals surface area contributed by atoms with E-state index >= 15 is 0 Å². The van der Waals surface area contributed by atoms with Gasteiger partial charge < -0.3 is 5.32 Å². The van der Waals surface area contributed by atoms with Crippen LogP contribution >= 0.6 is 22.6 Å². The molecule has 0 amide bonds. The minimum absolute atomic E-state index is 0.0225. The molecule has 0 saturated carbocycles. The summed E-state index contributed by atoms with van der Waals surface area (Å²) in [5.41, 5.74) is -0.198. The Balaban J connectivity index is 1.81. The van der Waals surface area contributed by atoms with Crippen molar-refractivity contribution in [3.05, 3.63) is 57.2 Å². The van der Waals surface area contributed by atoms with Gasteiger partial charge in [0.2, 0.25) is 0 Å². The van der Waals surface area contributed by atoms with Crippen molar-refractivity contribution in [3.8, 4) is 0 Å². The van der Waals surface area contributed by atoms with Crippen LogP contribution in [0.15, 0.2) is 36.7 Å². The summed E-state index contributed by atoms with van der Waals surface area (Å²) in [7, 11) is 0. The minimum atomic E-state index is -4.58. The van der Waals surface area contributed by atoms with Crippen LogP contribution in [-0.4, -0.2) is 14.6 Å². The van der Waals surface area contributed by atoms with Crippen molar-refractivity contribution in [1.82, 2.24) is 14.6 Å². The van der Waals surface area contributed by atoms with Gasteiger partial charge in [0, 0.05) is 12.7 Å². The summed E-state index contributed by atoms with van der Waals surface area (Å²) >= 11 is 2.08. The molecule has 9 heteroatoms. The molecule has 0 saturated heterocycles. The Labute approximate surface area is 141 Å². The van der Waals surface area contributed by atoms with Gasteiger partial charge in [-0.25, -0.2) is 13.9 Å². The summed E-state index contributed by atoms with van der Waals surface area (Å²) in [5, 5.41) is 6.96. The molecule has 2 heterocycles. The molecule has 0 aliphatic carbocycles. The van der Waals surface area contributed by atoms with Crippen LogP contribution in [0, 0.1) is 9.39 Å². The van der Waals surface area contributed by atoms with Crippen LogP contribution in [0.3, 0.4) is 0 Å². The second-order valence-electron chi connectivity index (χ2n) is 4.77. The number of rotatable bonds is 3. The first-order valence-electron chi connectivity index (χ1n) is 6.43. The average molecular weight is 436 g/mol. The maximum absolute atomic E-state index is 13.3. The first kappa shape index (κ1) is 16.0. The normalized spacial score (nSPS) is 11.9. The van der Waals surface area contributed by atoms with Crippen molar-refractivity contribution in [2.24, 2.45) is 0 Å². The van der Waals surface area contributed by atoms with Crippen LogP contribution < -0.4 is 5.32 Å². The van der Waals surface area contributed by atoms with Crippen molar-refractivity contribution in [2.75, 3.05) is 5.32 Å². The van der Waals surface area contributed by atoms with Crippen molar-refractivity contribution >= 4 is 34.1 Å². The Morgan fingerprint density at radius 1 is 1.22 bits per heavy atom. The number of hydrogen-bond donors (Lipinski definition) is 1. The smallest absolute Gasteiger partial charge is 0.366 e. The maximum Gasteiger partial charge on any atom is 0.416 e. The predicted octanol–water partition coefficient (Wildman–Crippen LogP) is 4.10. The van der Waals surface area contributed by atoms with Gasteiger partial charge in [-0.3, -0.25) is 0 Å². The molecule has 120 valence electrons. The van der Waals surface area contributed by atoms with E-state index in [-0.39, 0.29) is 12.1 Å². The molecule has 3 rings (SSSR count). The van der Waals surface area contributed by atoms with E-state index in [1.54, 1.807) is 23.0 Å². The van der Waals surface area contributed by atoms with Gasteiger partial charge in [0.15, 0.2) is 5.65 Å². The Bertz CT molecular complexity index is 860. The standard InChI is InChI=1S/C14H9F4IN4/c15-10-4-8(3-9(5-10)14(16,17)18)6-20-12-1-2-23-13(22-12)11(19)7-21-23/h1-5,7H,6H2,(H,20,22). The highest BCUT2D eigenvalue weighted by atomic mass is 127. The molecule has 1 aromatic carbocycles. The highest BCUT2D eigenvalue weighted by Crippen LogP contribution is 2.30. The van der Waals surface area contributed by atoms with E-state index < -0.39 is 17.6 Å². The SMILES string of the molecule is Fc1cc(CNc2ccn3ncc(I)c3n2)cc(C(F)(F)F)c1. The van der Waals surface area contributed by atoms with E-state index in [4.69, 9.17) is 0 Å². The number of nitrogens with one attached hydrogen (secondary N) is 1. The van der Waals surface area contributed by atoms with Gasteiger partial charge in [-0.15, -0.1) is 0 Å². The summed E-state index contributed by atoms with van der Waals surface area (Å²) in [6.45, 7) is 0.0225. The summed E-state index contributed by atoms with van der Waals surface area (Å²) < 4.78 is 53.8. The van der Waals surface area contributed by atoms with E-state index in [2.05, 4.69) is 38.0 Å². The Morgan fingerprint density at radius 3 is 2.74 bits per heavy atom. The van der Waals surface area contributed by atoms with E-state index in [0.717, 1.165) is 15.7 Å². The molecule has 23 heavy (non-hydrogen) atoms. The van der Waals surface area contributed by atoms with Crippen LogP contribution in [0.1, 0.15) is 11.1 Å². The number of hydrogen-bond acceptors (Lipinski definition) is 3. The largest absolute Gasteiger partial charge is 0.416 e. The van der Waals surface area contributed by atoms with Gasteiger partial charge in [-0.2, -0.15) is 18.3 Å². The number of fused-ring (bicyclic) bond motifs is 1. The highest BCUT2D eigenvalue weighted by molar-refractivity contribution is 14.1. The zero-order valence-corrected chi connectivity index (χ0v) is 13.6. The van der Waals surface area contributed by atoms with Crippen molar-refractivity contribution in [3.63, 3.8) is 0 Å². The molecule has 0 spiro atoms. The van der Waals surface area contributed by atoms with E-state index in [1.165, 1.54) is 0 Å². The molecule has 0 aliphatic heterocycles. The Kier molecular flexibility index (Phi) is 4.13. The molecule has 3 aromatic rings. The van der Waals surface area contributed by atoms with Gasteiger partial charge in [0.05, 0.1) is 15.3 Å². The molecule has 0 fully saturated rings. The molecule has 1 N–H and O–H groups in total. The van der Waals surface area contributed by atoms with E-state index in [0.29, 0.717) is 17.5 Å². The second-order valence-corrected chi connectivity index (χ2v) is 5.94. The number of benzene rings is 1. The van der Waals surface area contributed by atoms with Crippen LogP contribution in [0.4, 0.5) is 23.4 Å². The van der Waals surface area contributed by atoms with E-state index in [9.17, 15) is 17.6 Å². The molecular formula is C14H9F4IN4. The molecule has 0 aliphatic rings. The monoisotopic (exact) mass is 436 g/mol. The van der Waals surface area contributed by atoms with Gasteiger partial charge in [-0.1, -0.05) is 0 Å². The highest BCUT2D eigenvalue weighted by Gasteiger charge is 2.31.